The quantitative estimate of drug-likeness (QED) is 0.600. The number of ether oxygens (including phenoxy) is 3. The van der Waals surface area contributed by atoms with Crippen molar-refractivity contribution in [2.45, 2.75) is 12.7 Å². The number of carbonyl (C=O) groups excluding carboxylic acids is 1. The van der Waals surface area contributed by atoms with Gasteiger partial charge in [0.05, 0.1) is 31.4 Å². The van der Waals surface area contributed by atoms with Gasteiger partial charge in [0.1, 0.15) is 5.75 Å². The lowest BCUT2D eigenvalue weighted by Crippen LogP contribution is -2.25. The summed E-state index contributed by atoms with van der Waals surface area (Å²) in [6.45, 7) is -0.313. The van der Waals surface area contributed by atoms with Crippen LogP contribution in [0.25, 0.3) is 0 Å². The Hall–Kier alpha value is -3.82. The summed E-state index contributed by atoms with van der Waals surface area (Å²) in [5, 5.41) is 2.49. The van der Waals surface area contributed by atoms with Gasteiger partial charge in [-0.05, 0) is 23.8 Å². The van der Waals surface area contributed by atoms with Crippen LogP contribution in [0.2, 0.25) is 0 Å². The van der Waals surface area contributed by atoms with Crippen molar-refractivity contribution in [3.63, 3.8) is 0 Å². The fraction of sp³-hybridized carbons (Fsp3) is 0.190. The summed E-state index contributed by atoms with van der Waals surface area (Å²) in [6, 6.07) is 12.6. The monoisotopic (exact) mass is 433 g/mol. The predicted octanol–water partition coefficient (Wildman–Crippen LogP) is 4.23. The van der Waals surface area contributed by atoms with E-state index in [1.165, 1.54) is 50.6 Å². The Kier molecular flexibility index (Phi) is 6.58. The second kappa shape index (κ2) is 9.33. The third kappa shape index (κ3) is 5.41. The zero-order chi connectivity index (χ0) is 22.4. The number of amides is 1. The average molecular weight is 433 g/mol. The molecule has 7 nitrogen and oxygen atoms in total. The van der Waals surface area contributed by atoms with Crippen molar-refractivity contribution >= 4 is 5.91 Å². The molecule has 1 amide bonds. The smallest absolute Gasteiger partial charge is 0.416 e. The molecule has 0 fully saturated rings. The molecule has 0 saturated carbocycles. The van der Waals surface area contributed by atoms with E-state index in [-0.39, 0.29) is 41.2 Å². The van der Waals surface area contributed by atoms with Gasteiger partial charge >= 0.3 is 12.2 Å². The Labute approximate surface area is 175 Å². The Bertz CT molecular complexity index is 1050. The van der Waals surface area contributed by atoms with E-state index in [2.05, 4.69) is 15.3 Å². The molecule has 0 aliphatic carbocycles. The molecule has 1 aromatic heterocycles. The van der Waals surface area contributed by atoms with Crippen molar-refractivity contribution in [1.29, 1.82) is 0 Å². The number of alkyl halides is 3. The number of para-hydroxylation sites is 1. The fourth-order valence-electron chi connectivity index (χ4n) is 2.70. The zero-order valence-electron chi connectivity index (χ0n) is 16.6. The maximum Gasteiger partial charge on any atom is 0.416 e. The SMILES string of the molecule is COc1cc(OC)nc(Oc2ccccc2C(=O)NCc2ccccc2C(F)(F)F)n1. The predicted molar refractivity (Wildman–Crippen MR) is 104 cm³/mol. The van der Waals surface area contributed by atoms with Crippen LogP contribution < -0.4 is 19.5 Å². The molecule has 31 heavy (non-hydrogen) atoms. The lowest BCUT2D eigenvalue weighted by molar-refractivity contribution is -0.138. The molecule has 0 unspecified atom stereocenters. The summed E-state index contributed by atoms with van der Waals surface area (Å²) in [5.41, 5.74) is -0.767. The second-order valence-corrected chi connectivity index (χ2v) is 6.17. The number of hydrogen-bond donors (Lipinski definition) is 1. The Morgan fingerprint density at radius 1 is 0.968 bits per heavy atom. The Morgan fingerprint density at radius 3 is 2.23 bits per heavy atom. The lowest BCUT2D eigenvalue weighted by Gasteiger charge is -2.14. The highest BCUT2D eigenvalue weighted by Gasteiger charge is 2.32. The molecule has 162 valence electrons. The maximum absolute atomic E-state index is 13.2. The summed E-state index contributed by atoms with van der Waals surface area (Å²) in [5.74, 6) is -0.137. The Balaban J connectivity index is 1.81. The lowest BCUT2D eigenvalue weighted by atomic mass is 10.1. The van der Waals surface area contributed by atoms with Crippen LogP contribution in [0.5, 0.6) is 23.5 Å². The van der Waals surface area contributed by atoms with Gasteiger partial charge in [-0.25, -0.2) is 0 Å². The van der Waals surface area contributed by atoms with Crippen LogP contribution >= 0.6 is 0 Å². The topological polar surface area (TPSA) is 82.6 Å². The van der Waals surface area contributed by atoms with Gasteiger partial charge in [0, 0.05) is 6.54 Å². The van der Waals surface area contributed by atoms with Gasteiger partial charge in [-0.1, -0.05) is 30.3 Å². The molecule has 3 rings (SSSR count). The van der Waals surface area contributed by atoms with Crippen molar-refractivity contribution < 1.29 is 32.2 Å². The highest BCUT2D eigenvalue weighted by Crippen LogP contribution is 2.32. The van der Waals surface area contributed by atoms with E-state index in [4.69, 9.17) is 14.2 Å². The third-order valence-electron chi connectivity index (χ3n) is 4.17. The number of carbonyl (C=O) groups is 1. The molecule has 3 aromatic rings. The first-order chi connectivity index (χ1) is 14.8. The number of benzene rings is 2. The molecule has 0 aliphatic rings. The van der Waals surface area contributed by atoms with Gasteiger partial charge in [-0.3, -0.25) is 4.79 Å². The van der Waals surface area contributed by atoms with E-state index in [0.29, 0.717) is 0 Å². The van der Waals surface area contributed by atoms with E-state index in [9.17, 15) is 18.0 Å². The summed E-state index contributed by atoms with van der Waals surface area (Å²) in [4.78, 5) is 20.7. The van der Waals surface area contributed by atoms with Crippen molar-refractivity contribution in [3.05, 3.63) is 71.3 Å². The molecule has 0 radical (unpaired) electrons. The fourth-order valence-corrected chi connectivity index (χ4v) is 2.70. The van der Waals surface area contributed by atoms with Crippen LogP contribution in [0.15, 0.2) is 54.6 Å². The molecule has 0 bridgehead atoms. The van der Waals surface area contributed by atoms with Gasteiger partial charge in [0.2, 0.25) is 11.8 Å². The second-order valence-electron chi connectivity index (χ2n) is 6.17. The largest absolute Gasteiger partial charge is 0.481 e. The highest BCUT2D eigenvalue weighted by atomic mass is 19.4. The van der Waals surface area contributed by atoms with Crippen LogP contribution in [0.3, 0.4) is 0 Å². The molecule has 1 heterocycles. The number of aromatic nitrogens is 2. The van der Waals surface area contributed by atoms with Crippen LogP contribution in [0.1, 0.15) is 21.5 Å². The van der Waals surface area contributed by atoms with E-state index >= 15 is 0 Å². The summed E-state index contributed by atoms with van der Waals surface area (Å²) >= 11 is 0. The molecule has 2 aromatic carbocycles. The third-order valence-corrected chi connectivity index (χ3v) is 4.17. The molecule has 0 aliphatic heterocycles. The van der Waals surface area contributed by atoms with Crippen molar-refractivity contribution in [1.82, 2.24) is 15.3 Å². The molecule has 10 heteroatoms. The summed E-state index contributed by atoms with van der Waals surface area (Å²) in [6.07, 6.45) is -4.52. The van der Waals surface area contributed by atoms with E-state index in [1.807, 2.05) is 0 Å². The van der Waals surface area contributed by atoms with E-state index in [0.717, 1.165) is 6.07 Å². The first-order valence-electron chi connectivity index (χ1n) is 8.99. The highest BCUT2D eigenvalue weighted by molar-refractivity contribution is 5.96. The number of nitrogens with zero attached hydrogens (tertiary/aromatic N) is 2. The number of methoxy groups -OCH3 is 2. The minimum Gasteiger partial charge on any atom is -0.481 e. The van der Waals surface area contributed by atoms with Gasteiger partial charge in [0.15, 0.2) is 0 Å². The van der Waals surface area contributed by atoms with Gasteiger partial charge < -0.3 is 19.5 Å². The van der Waals surface area contributed by atoms with Crippen LogP contribution in [0.4, 0.5) is 13.2 Å². The number of rotatable bonds is 7. The van der Waals surface area contributed by atoms with Crippen molar-refractivity contribution in [3.8, 4) is 23.5 Å². The molecular weight excluding hydrogens is 415 g/mol. The van der Waals surface area contributed by atoms with Crippen molar-refractivity contribution in [2.75, 3.05) is 14.2 Å². The molecule has 0 atom stereocenters. The molecule has 1 N–H and O–H groups in total. The summed E-state index contributed by atoms with van der Waals surface area (Å²) in [7, 11) is 2.82. The number of nitrogens with one attached hydrogen (secondary N) is 1. The van der Waals surface area contributed by atoms with E-state index < -0.39 is 17.6 Å². The number of halogens is 3. The van der Waals surface area contributed by atoms with E-state index in [1.54, 1.807) is 12.1 Å². The zero-order valence-corrected chi connectivity index (χ0v) is 16.6. The molecular formula is C21H18F3N3O4. The minimum absolute atomic E-state index is 0.0531. The number of hydrogen-bond acceptors (Lipinski definition) is 6. The summed E-state index contributed by atoms with van der Waals surface area (Å²) < 4.78 is 55.2. The van der Waals surface area contributed by atoms with Crippen LogP contribution in [0, 0.1) is 0 Å². The van der Waals surface area contributed by atoms with Gasteiger partial charge in [-0.15, -0.1) is 0 Å². The maximum atomic E-state index is 13.2. The van der Waals surface area contributed by atoms with Crippen LogP contribution in [-0.4, -0.2) is 30.1 Å². The molecule has 0 spiro atoms. The Morgan fingerprint density at radius 2 is 1.58 bits per heavy atom. The van der Waals surface area contributed by atoms with Gasteiger partial charge in [0.25, 0.3) is 5.91 Å². The van der Waals surface area contributed by atoms with Crippen molar-refractivity contribution in [2.24, 2.45) is 0 Å². The first-order valence-corrected chi connectivity index (χ1v) is 8.99. The average Bonchev–Trinajstić information content (AvgIpc) is 2.77. The van der Waals surface area contributed by atoms with Crippen LogP contribution in [-0.2, 0) is 12.7 Å². The normalized spacial score (nSPS) is 11.0. The van der Waals surface area contributed by atoms with Gasteiger partial charge in [-0.2, -0.15) is 23.1 Å². The first kappa shape index (κ1) is 21.9. The molecule has 0 saturated heterocycles. The standard InChI is InChI=1S/C21H18F3N3O4/c1-29-17-11-18(30-2)27-20(26-17)31-16-10-6-4-8-14(16)19(28)25-12-13-7-3-5-9-15(13)21(22,23)24/h3-11H,12H2,1-2H3,(H,25,28). The minimum atomic E-state index is -4.52.